The van der Waals surface area contributed by atoms with Crippen molar-refractivity contribution < 1.29 is 19.1 Å². The van der Waals surface area contributed by atoms with E-state index in [2.05, 4.69) is 20.5 Å². The molecule has 1 aromatic heterocycles. The maximum absolute atomic E-state index is 13.1. The van der Waals surface area contributed by atoms with Crippen LogP contribution in [0.1, 0.15) is 42.5 Å². The van der Waals surface area contributed by atoms with E-state index in [0.717, 1.165) is 5.56 Å². The standard InChI is InChI=1S/C26H21N5O4/c1-15-27-23(30-29-15)17-8-10-18(11-9-17)28-24(32)21-13-16(7-12-22(21)35-2)14-31-25(33)19-5-3-4-6-20(19)26(31)34/h3-13H,14H2,1-2H3,(H,28,32)(H,27,29,30). The smallest absolute Gasteiger partial charge is 0.261 e. The quantitative estimate of drug-likeness (QED) is 0.416. The van der Waals surface area contributed by atoms with Crippen molar-refractivity contribution in [1.82, 2.24) is 20.1 Å². The largest absolute Gasteiger partial charge is 0.496 e. The molecule has 3 amide bonds. The number of rotatable bonds is 6. The van der Waals surface area contributed by atoms with Crippen LogP contribution in [0.25, 0.3) is 11.4 Å². The Balaban J connectivity index is 1.35. The second kappa shape index (κ2) is 8.86. The molecule has 0 bridgehead atoms. The number of aromatic nitrogens is 3. The van der Waals surface area contributed by atoms with E-state index in [4.69, 9.17) is 4.74 Å². The minimum atomic E-state index is -0.382. The Labute approximate surface area is 200 Å². The number of methoxy groups -OCH3 is 1. The minimum absolute atomic E-state index is 0.0431. The Morgan fingerprint density at radius 2 is 1.69 bits per heavy atom. The summed E-state index contributed by atoms with van der Waals surface area (Å²) in [7, 11) is 1.48. The number of benzene rings is 3. The van der Waals surface area contributed by atoms with E-state index >= 15 is 0 Å². The fraction of sp³-hybridized carbons (Fsp3) is 0.115. The molecule has 0 atom stereocenters. The van der Waals surface area contributed by atoms with Crippen LogP contribution in [0.2, 0.25) is 0 Å². The Bertz CT molecular complexity index is 1420. The van der Waals surface area contributed by atoms with Gasteiger partial charge in [-0.05, 0) is 61.0 Å². The highest BCUT2D eigenvalue weighted by atomic mass is 16.5. The van der Waals surface area contributed by atoms with Gasteiger partial charge in [0.1, 0.15) is 11.6 Å². The number of aromatic amines is 1. The summed E-state index contributed by atoms with van der Waals surface area (Å²) in [6.07, 6.45) is 0. The van der Waals surface area contributed by atoms with Crippen LogP contribution in [0.15, 0.2) is 66.7 Å². The summed E-state index contributed by atoms with van der Waals surface area (Å²) in [4.78, 5) is 44.0. The second-order valence-electron chi connectivity index (χ2n) is 8.05. The van der Waals surface area contributed by atoms with Gasteiger partial charge in [-0.25, -0.2) is 4.98 Å². The van der Waals surface area contributed by atoms with E-state index < -0.39 is 0 Å². The number of carbonyl (C=O) groups excluding carboxylic acids is 3. The van der Waals surface area contributed by atoms with Crippen molar-refractivity contribution in [1.29, 1.82) is 0 Å². The highest BCUT2D eigenvalue weighted by Crippen LogP contribution is 2.27. The van der Waals surface area contributed by atoms with Crippen LogP contribution < -0.4 is 10.1 Å². The number of hydrogen-bond acceptors (Lipinski definition) is 6. The van der Waals surface area contributed by atoms with E-state index in [1.165, 1.54) is 12.0 Å². The van der Waals surface area contributed by atoms with Crippen LogP contribution >= 0.6 is 0 Å². The van der Waals surface area contributed by atoms with E-state index in [9.17, 15) is 14.4 Å². The lowest BCUT2D eigenvalue weighted by molar-refractivity contribution is 0.0642. The first kappa shape index (κ1) is 22.0. The highest BCUT2D eigenvalue weighted by molar-refractivity contribution is 6.21. The molecule has 1 aliphatic heterocycles. The Kier molecular flexibility index (Phi) is 5.58. The molecule has 0 fully saturated rings. The first-order valence-electron chi connectivity index (χ1n) is 10.9. The monoisotopic (exact) mass is 467 g/mol. The number of H-pyrrole nitrogens is 1. The van der Waals surface area contributed by atoms with Crippen LogP contribution in [0.5, 0.6) is 5.75 Å². The second-order valence-corrected chi connectivity index (χ2v) is 8.05. The molecule has 9 heteroatoms. The number of aryl methyl sites for hydroxylation is 1. The first-order chi connectivity index (χ1) is 16.9. The number of amides is 3. The van der Waals surface area contributed by atoms with Gasteiger partial charge in [0.25, 0.3) is 17.7 Å². The molecule has 5 rings (SSSR count). The predicted octanol–water partition coefficient (Wildman–Crippen LogP) is 3.84. The normalized spacial score (nSPS) is 12.6. The number of fused-ring (bicyclic) bond motifs is 1. The fourth-order valence-corrected chi connectivity index (χ4v) is 3.97. The van der Waals surface area contributed by atoms with Gasteiger partial charge in [-0.2, -0.15) is 5.10 Å². The van der Waals surface area contributed by atoms with Crippen molar-refractivity contribution in [3.63, 3.8) is 0 Å². The molecule has 35 heavy (non-hydrogen) atoms. The van der Waals surface area contributed by atoms with Gasteiger partial charge in [-0.3, -0.25) is 24.4 Å². The zero-order valence-electron chi connectivity index (χ0n) is 19.0. The summed E-state index contributed by atoms with van der Waals surface area (Å²) >= 11 is 0. The lowest BCUT2D eigenvalue weighted by atomic mass is 10.1. The van der Waals surface area contributed by atoms with Crippen molar-refractivity contribution in [2.45, 2.75) is 13.5 Å². The summed E-state index contributed by atoms with van der Waals surface area (Å²) in [6.45, 7) is 1.86. The Morgan fingerprint density at radius 1 is 1.00 bits per heavy atom. The number of ether oxygens (including phenoxy) is 1. The molecule has 0 unspecified atom stereocenters. The van der Waals surface area contributed by atoms with Crippen molar-refractivity contribution in [2.75, 3.05) is 12.4 Å². The van der Waals surface area contributed by atoms with Gasteiger partial charge < -0.3 is 10.1 Å². The van der Waals surface area contributed by atoms with Crippen LogP contribution in [0.3, 0.4) is 0 Å². The van der Waals surface area contributed by atoms with E-state index in [1.54, 1.807) is 54.6 Å². The topological polar surface area (TPSA) is 117 Å². The van der Waals surface area contributed by atoms with Crippen LogP contribution in [0.4, 0.5) is 5.69 Å². The molecule has 2 heterocycles. The molecule has 0 saturated heterocycles. The highest BCUT2D eigenvalue weighted by Gasteiger charge is 2.35. The Morgan fingerprint density at radius 3 is 2.29 bits per heavy atom. The molecular formula is C26H21N5O4. The van der Waals surface area contributed by atoms with Gasteiger partial charge in [0.2, 0.25) is 0 Å². The molecule has 4 aromatic rings. The van der Waals surface area contributed by atoms with Gasteiger partial charge in [0.15, 0.2) is 5.82 Å². The molecule has 1 aliphatic rings. The van der Waals surface area contributed by atoms with Crippen LogP contribution in [-0.2, 0) is 6.54 Å². The van der Waals surface area contributed by atoms with Crippen molar-refractivity contribution in [2.24, 2.45) is 0 Å². The lowest BCUT2D eigenvalue weighted by Crippen LogP contribution is -2.29. The maximum Gasteiger partial charge on any atom is 0.261 e. The van der Waals surface area contributed by atoms with E-state index in [-0.39, 0.29) is 29.8 Å². The van der Waals surface area contributed by atoms with Crippen LogP contribution in [0, 0.1) is 6.92 Å². The maximum atomic E-state index is 13.1. The molecule has 0 spiro atoms. The van der Waals surface area contributed by atoms with Gasteiger partial charge in [-0.15, -0.1) is 0 Å². The SMILES string of the molecule is COc1ccc(CN2C(=O)c3ccccc3C2=O)cc1C(=O)Nc1ccc(-c2n[nH]c(C)n2)cc1. The zero-order chi connectivity index (χ0) is 24.5. The van der Waals surface area contributed by atoms with Gasteiger partial charge >= 0.3 is 0 Å². The third-order valence-corrected chi connectivity index (χ3v) is 5.73. The number of carbonyl (C=O) groups is 3. The van der Waals surface area contributed by atoms with Crippen molar-refractivity contribution >= 4 is 23.4 Å². The molecule has 9 nitrogen and oxygen atoms in total. The van der Waals surface area contributed by atoms with Gasteiger partial charge in [-0.1, -0.05) is 18.2 Å². The summed E-state index contributed by atoms with van der Waals surface area (Å²) < 4.78 is 5.37. The van der Waals surface area contributed by atoms with E-state index in [0.29, 0.717) is 39.8 Å². The zero-order valence-corrected chi connectivity index (χ0v) is 19.0. The Hall–Kier alpha value is -4.79. The summed E-state index contributed by atoms with van der Waals surface area (Å²) in [5.74, 6) is 0.575. The molecule has 0 saturated carbocycles. The fourth-order valence-electron chi connectivity index (χ4n) is 3.97. The number of anilines is 1. The number of imide groups is 1. The molecule has 2 N–H and O–H groups in total. The number of nitrogens with zero attached hydrogens (tertiary/aromatic N) is 3. The molecule has 0 aliphatic carbocycles. The summed E-state index contributed by atoms with van der Waals surface area (Å²) in [5.41, 5.74) is 3.07. The minimum Gasteiger partial charge on any atom is -0.496 e. The molecule has 0 radical (unpaired) electrons. The van der Waals surface area contributed by atoms with Crippen molar-refractivity contribution in [3.8, 4) is 17.1 Å². The molecule has 174 valence electrons. The van der Waals surface area contributed by atoms with Gasteiger partial charge in [0, 0.05) is 11.3 Å². The predicted molar refractivity (Wildman–Crippen MR) is 128 cm³/mol. The summed E-state index contributed by atoms with van der Waals surface area (Å²) in [5, 5.41) is 9.78. The molecule has 3 aromatic carbocycles. The number of nitrogens with one attached hydrogen (secondary N) is 2. The third kappa shape index (κ3) is 4.15. The lowest BCUT2D eigenvalue weighted by Gasteiger charge is -2.16. The third-order valence-electron chi connectivity index (χ3n) is 5.73. The number of hydrogen-bond donors (Lipinski definition) is 2. The molecular weight excluding hydrogens is 446 g/mol. The summed E-state index contributed by atoms with van der Waals surface area (Å²) in [6, 6.07) is 18.9. The van der Waals surface area contributed by atoms with Crippen LogP contribution in [-0.4, -0.2) is 44.9 Å². The van der Waals surface area contributed by atoms with E-state index in [1.807, 2.05) is 19.1 Å². The average molecular weight is 467 g/mol. The van der Waals surface area contributed by atoms with Gasteiger partial charge in [0.05, 0.1) is 30.3 Å². The van der Waals surface area contributed by atoms with Crippen molar-refractivity contribution in [3.05, 3.63) is 94.8 Å². The first-order valence-corrected chi connectivity index (χ1v) is 10.9. The average Bonchev–Trinajstić information content (AvgIpc) is 3.41.